The van der Waals surface area contributed by atoms with Crippen molar-refractivity contribution in [3.05, 3.63) is 0 Å². The zero-order valence-electron chi connectivity index (χ0n) is 40.7. The number of amides is 7. The molecule has 0 fully saturated rings. The average Bonchev–Trinajstić information content (AvgIpc) is 3.26. The van der Waals surface area contributed by atoms with Crippen molar-refractivity contribution in [2.75, 3.05) is 78.9 Å². The minimum absolute atomic E-state index is 0.161. The van der Waals surface area contributed by atoms with Gasteiger partial charge in [-0.2, -0.15) is 0 Å². The van der Waals surface area contributed by atoms with E-state index in [1.165, 1.54) is 0 Å². The molecule has 0 aromatic rings. The van der Waals surface area contributed by atoms with Crippen LogP contribution >= 0.6 is 0 Å². The molecule has 388 valence electrons. The predicted molar refractivity (Wildman–Crippen MR) is 242 cm³/mol. The Bertz CT molecular complexity index is 1320. The van der Waals surface area contributed by atoms with Gasteiger partial charge in [0.2, 0.25) is 18.9 Å². The lowest BCUT2D eigenvalue weighted by Crippen LogP contribution is -2.49. The van der Waals surface area contributed by atoms with E-state index < -0.39 is 67.1 Å². The number of ether oxygens (including phenoxy) is 9. The molecule has 7 amide bonds. The van der Waals surface area contributed by atoms with Gasteiger partial charge in [-0.05, 0) is 80.1 Å². The summed E-state index contributed by atoms with van der Waals surface area (Å²) in [4.78, 5) is 99.5. The number of hydrogen-bond acceptors (Lipinski definition) is 17. The highest BCUT2D eigenvalue weighted by molar-refractivity contribution is 5.93. The van der Waals surface area contributed by atoms with E-state index in [4.69, 9.17) is 42.6 Å². The molecule has 0 radical (unpaired) electrons. The Hall–Kier alpha value is -5.16. The summed E-state index contributed by atoms with van der Waals surface area (Å²) in [6.45, 7) is 13.3. The lowest BCUT2D eigenvalue weighted by atomic mass is 10.2. The van der Waals surface area contributed by atoms with Crippen molar-refractivity contribution in [1.82, 2.24) is 31.5 Å². The molecule has 0 aliphatic carbocycles. The lowest BCUT2D eigenvalue weighted by molar-refractivity contribution is -0.158. The van der Waals surface area contributed by atoms with Crippen LogP contribution in [0.15, 0.2) is 0 Å². The molecule has 23 nitrogen and oxygen atoms in total. The Morgan fingerprint density at radius 2 is 0.627 bits per heavy atom. The molecule has 23 heteroatoms. The molecule has 0 aliphatic heterocycles. The second kappa shape index (κ2) is 42.2. The molecular formula is C44H80N6O17. The van der Waals surface area contributed by atoms with Crippen molar-refractivity contribution in [2.24, 2.45) is 0 Å². The average molecular weight is 965 g/mol. The summed E-state index contributed by atoms with van der Waals surface area (Å²) in [6.07, 6.45) is 2.06. The van der Waals surface area contributed by atoms with Gasteiger partial charge in [-0.25, -0.2) is 28.9 Å². The molecule has 0 heterocycles. The van der Waals surface area contributed by atoms with Crippen LogP contribution in [-0.4, -0.2) is 151 Å². The number of carbonyl (C=O) groups excluding carboxylic acids is 8. The minimum Gasteiger partial charge on any atom is -0.466 e. The van der Waals surface area contributed by atoms with Crippen LogP contribution in [-0.2, 0) is 57.0 Å². The van der Waals surface area contributed by atoms with Crippen molar-refractivity contribution in [3.63, 3.8) is 0 Å². The lowest BCUT2D eigenvalue weighted by Gasteiger charge is -2.22. The first-order valence-electron chi connectivity index (χ1n) is 23.8. The topological polar surface area (TPSA) is 283 Å². The number of alkyl carbamates (subject to hydrolysis) is 3. The number of urea groups is 2. The number of carbonyl (C=O) groups is 8. The number of nitrogens with one attached hydrogen (secondary N) is 5. The van der Waals surface area contributed by atoms with Gasteiger partial charge in [-0.3, -0.25) is 14.4 Å². The molecule has 5 N–H and O–H groups in total. The molecule has 67 heavy (non-hydrogen) atoms. The summed E-state index contributed by atoms with van der Waals surface area (Å²) < 4.78 is 46.1. The van der Waals surface area contributed by atoms with E-state index in [1.54, 1.807) is 41.5 Å². The fourth-order valence-corrected chi connectivity index (χ4v) is 5.92. The fraction of sp³-hybridized carbons (Fsp3) is 0.818. The zero-order valence-corrected chi connectivity index (χ0v) is 40.7. The predicted octanol–water partition coefficient (Wildman–Crippen LogP) is 5.51. The number of rotatable bonds is 39. The first kappa shape index (κ1) is 61.8. The third kappa shape index (κ3) is 35.7. The van der Waals surface area contributed by atoms with Gasteiger partial charge in [0, 0.05) is 59.1 Å². The number of unbranched alkanes of at least 4 members (excludes halogenated alkanes) is 9. The number of imide groups is 1. The van der Waals surface area contributed by atoms with Gasteiger partial charge >= 0.3 is 48.2 Å². The molecule has 0 aromatic heterocycles. The normalized spacial score (nSPS) is 12.0. The highest BCUT2D eigenvalue weighted by Crippen LogP contribution is 2.09. The second-order valence-corrected chi connectivity index (χ2v) is 14.5. The smallest absolute Gasteiger partial charge is 0.409 e. The summed E-state index contributed by atoms with van der Waals surface area (Å²) in [5, 5.41) is 13.6. The molecule has 3 atom stereocenters. The van der Waals surface area contributed by atoms with E-state index >= 15 is 0 Å². The van der Waals surface area contributed by atoms with Crippen LogP contribution < -0.4 is 26.6 Å². The standard InChI is InChI=1S/C44H80N6O17/c1-7-59-34(51)31-37(62-10-4)65-42(56)47-27-21-15-13-19-25-45-40(54)50(30-24-18-17-23-29-49-44(58)67-39(64-12-6)33-36(53)61-9-3)41(55)46-26-20-14-16-22-28-48-43(57)66-38(63-11-5)32-35(52)60-8-2/h37-39H,7-33H2,1-6H3,(H,45,54)(H,46,55)(H,47,56)(H,48,57)(H,49,58). The Labute approximate surface area is 395 Å². The monoisotopic (exact) mass is 965 g/mol. The van der Waals surface area contributed by atoms with Crippen LogP contribution in [0.4, 0.5) is 24.0 Å². The molecule has 0 bridgehead atoms. The molecule has 0 spiro atoms. The van der Waals surface area contributed by atoms with Crippen LogP contribution in [0.25, 0.3) is 0 Å². The van der Waals surface area contributed by atoms with E-state index in [0.29, 0.717) is 84.1 Å². The van der Waals surface area contributed by atoms with Crippen LogP contribution in [0.5, 0.6) is 0 Å². The number of nitrogens with zero attached hydrogens (tertiary/aromatic N) is 1. The van der Waals surface area contributed by atoms with Gasteiger partial charge in [-0.15, -0.1) is 0 Å². The van der Waals surface area contributed by atoms with Gasteiger partial charge in [0.15, 0.2) is 0 Å². The molecule has 0 saturated carbocycles. The zero-order chi connectivity index (χ0) is 49.9. The summed E-state index contributed by atoms with van der Waals surface area (Å²) in [5.74, 6) is -1.61. The van der Waals surface area contributed by atoms with Crippen LogP contribution in [0.1, 0.15) is 138 Å². The molecule has 0 rings (SSSR count). The van der Waals surface area contributed by atoms with E-state index in [0.717, 1.165) is 30.6 Å². The van der Waals surface area contributed by atoms with E-state index in [1.807, 2.05) is 0 Å². The van der Waals surface area contributed by atoms with Gasteiger partial charge in [0.25, 0.3) is 0 Å². The highest BCUT2D eigenvalue weighted by Gasteiger charge is 2.23. The maximum atomic E-state index is 13.2. The van der Waals surface area contributed by atoms with Crippen molar-refractivity contribution in [3.8, 4) is 0 Å². The Morgan fingerprint density at radius 1 is 0.358 bits per heavy atom. The van der Waals surface area contributed by atoms with Crippen molar-refractivity contribution >= 4 is 48.2 Å². The Morgan fingerprint density at radius 3 is 0.896 bits per heavy atom. The Balaban J connectivity index is 4.87. The molecular weight excluding hydrogens is 885 g/mol. The first-order chi connectivity index (χ1) is 32.3. The largest absolute Gasteiger partial charge is 0.466 e. The second-order valence-electron chi connectivity index (χ2n) is 14.5. The summed E-state index contributed by atoms with van der Waals surface area (Å²) in [7, 11) is 0. The van der Waals surface area contributed by atoms with E-state index in [2.05, 4.69) is 26.6 Å². The van der Waals surface area contributed by atoms with E-state index in [-0.39, 0.29) is 65.4 Å². The molecule has 0 aromatic carbocycles. The molecule has 0 aliphatic rings. The van der Waals surface area contributed by atoms with Crippen LogP contribution in [0, 0.1) is 0 Å². The number of esters is 3. The van der Waals surface area contributed by atoms with Crippen LogP contribution in [0.3, 0.4) is 0 Å². The van der Waals surface area contributed by atoms with Crippen molar-refractivity contribution in [1.29, 1.82) is 0 Å². The maximum Gasteiger partial charge on any atom is 0.409 e. The third-order valence-electron chi connectivity index (χ3n) is 9.06. The quantitative estimate of drug-likeness (QED) is 0.0220. The van der Waals surface area contributed by atoms with E-state index in [9.17, 15) is 38.4 Å². The maximum absolute atomic E-state index is 13.2. The van der Waals surface area contributed by atoms with Gasteiger partial charge in [0.1, 0.15) is 19.3 Å². The van der Waals surface area contributed by atoms with Crippen molar-refractivity contribution < 1.29 is 81.0 Å². The SMILES string of the molecule is CCOC(=O)CC(OCC)OC(=O)NCCCCCCNC(=O)N(CCCCCCNC(=O)OC(CC(=O)OCC)OCC)C(=O)NCCCCCCNC(=O)OC(CC(=O)OCC)OCC. The van der Waals surface area contributed by atoms with Gasteiger partial charge < -0.3 is 69.2 Å². The Kier molecular flexibility index (Phi) is 39.0. The van der Waals surface area contributed by atoms with Gasteiger partial charge in [-0.1, -0.05) is 38.5 Å². The highest BCUT2D eigenvalue weighted by atomic mass is 16.7. The summed E-state index contributed by atoms with van der Waals surface area (Å²) in [6, 6.07) is -1.06. The van der Waals surface area contributed by atoms with Crippen molar-refractivity contribution in [2.45, 2.75) is 157 Å². The first-order valence-corrected chi connectivity index (χ1v) is 23.8. The number of hydrogen-bond donors (Lipinski definition) is 5. The van der Waals surface area contributed by atoms with Gasteiger partial charge in [0.05, 0.1) is 19.8 Å². The minimum atomic E-state index is -1.06. The fourth-order valence-electron chi connectivity index (χ4n) is 5.92. The summed E-state index contributed by atoms with van der Waals surface area (Å²) in [5.41, 5.74) is 0. The van der Waals surface area contributed by atoms with Crippen LogP contribution in [0.2, 0.25) is 0 Å². The molecule has 0 saturated heterocycles. The summed E-state index contributed by atoms with van der Waals surface area (Å²) >= 11 is 0. The third-order valence-corrected chi connectivity index (χ3v) is 9.06. The molecule has 3 unspecified atom stereocenters.